The predicted octanol–water partition coefficient (Wildman–Crippen LogP) is 2.56. The lowest BCUT2D eigenvalue weighted by Gasteiger charge is -2.45. The number of aromatic nitrogens is 3. The van der Waals surface area contributed by atoms with Gasteiger partial charge in [0.1, 0.15) is 0 Å². The molecule has 5 rings (SSSR count). The van der Waals surface area contributed by atoms with Crippen molar-refractivity contribution in [1.82, 2.24) is 19.7 Å². The second kappa shape index (κ2) is 7.00. The Labute approximate surface area is 168 Å². The van der Waals surface area contributed by atoms with Crippen LogP contribution in [-0.2, 0) is 23.0 Å². The Hall–Kier alpha value is -2.64. The van der Waals surface area contributed by atoms with Gasteiger partial charge in [-0.15, -0.1) is 0 Å². The lowest BCUT2D eigenvalue weighted by molar-refractivity contribution is -0.148. The molecule has 2 aromatic heterocycles. The van der Waals surface area contributed by atoms with E-state index in [4.69, 9.17) is 4.74 Å². The lowest BCUT2D eigenvalue weighted by atomic mass is 9.88. The molecule has 2 aliphatic heterocycles. The Morgan fingerprint density at radius 2 is 2.07 bits per heavy atom. The molecule has 0 bridgehead atoms. The van der Waals surface area contributed by atoms with Crippen LogP contribution in [0.4, 0.5) is 4.39 Å². The van der Waals surface area contributed by atoms with E-state index in [9.17, 15) is 9.18 Å². The van der Waals surface area contributed by atoms with Crippen molar-refractivity contribution in [3.63, 3.8) is 0 Å². The number of benzene rings is 1. The molecule has 2 fully saturated rings. The molecule has 1 unspecified atom stereocenters. The summed E-state index contributed by atoms with van der Waals surface area (Å²) in [6.45, 7) is 1.81. The van der Waals surface area contributed by atoms with Crippen LogP contribution in [0.25, 0.3) is 21.9 Å². The first-order valence-electron chi connectivity index (χ1n) is 9.92. The van der Waals surface area contributed by atoms with Crippen molar-refractivity contribution in [3.8, 4) is 11.1 Å². The highest BCUT2D eigenvalue weighted by molar-refractivity contribution is 5.92. The van der Waals surface area contributed by atoms with Gasteiger partial charge in [-0.3, -0.25) is 19.4 Å². The van der Waals surface area contributed by atoms with Crippen LogP contribution in [-0.4, -0.2) is 63.5 Å². The summed E-state index contributed by atoms with van der Waals surface area (Å²) < 4.78 is 22.1. The predicted molar refractivity (Wildman–Crippen MR) is 107 cm³/mol. The number of hydrogen-bond donors (Lipinski definition) is 0. The van der Waals surface area contributed by atoms with Gasteiger partial charge in [0.15, 0.2) is 11.5 Å². The molecule has 2 saturated heterocycles. The van der Waals surface area contributed by atoms with Crippen LogP contribution in [0.2, 0.25) is 0 Å². The minimum absolute atomic E-state index is 0.0112. The zero-order valence-electron chi connectivity index (χ0n) is 16.3. The maximum absolute atomic E-state index is 14.9. The maximum atomic E-state index is 14.9. The topological polar surface area (TPSA) is 60.2 Å². The molecule has 1 aromatic carbocycles. The van der Waals surface area contributed by atoms with Gasteiger partial charge in [0.2, 0.25) is 0 Å². The van der Waals surface area contributed by atoms with Gasteiger partial charge in [-0.25, -0.2) is 4.39 Å². The molecule has 0 aliphatic carbocycles. The van der Waals surface area contributed by atoms with E-state index in [0.717, 1.165) is 34.9 Å². The quantitative estimate of drug-likeness (QED) is 0.643. The molecule has 7 heteroatoms. The first-order valence-corrected chi connectivity index (χ1v) is 9.92. The number of ketones is 1. The number of carbonyl (C=O) groups is 1. The van der Waals surface area contributed by atoms with Crippen molar-refractivity contribution >= 4 is 16.6 Å². The van der Waals surface area contributed by atoms with Gasteiger partial charge in [0.05, 0.1) is 18.7 Å². The van der Waals surface area contributed by atoms with Crippen molar-refractivity contribution in [1.29, 1.82) is 0 Å². The Balaban J connectivity index is 1.29. The number of hydrogen-bond acceptors (Lipinski definition) is 5. The maximum Gasteiger partial charge on any atom is 0.194 e. The van der Waals surface area contributed by atoms with E-state index >= 15 is 0 Å². The van der Waals surface area contributed by atoms with Crippen LogP contribution in [0.5, 0.6) is 0 Å². The minimum atomic E-state index is -1.77. The van der Waals surface area contributed by atoms with E-state index in [-0.39, 0.29) is 25.6 Å². The third-order valence-corrected chi connectivity index (χ3v) is 5.86. The van der Waals surface area contributed by atoms with Gasteiger partial charge in [-0.1, -0.05) is 12.1 Å². The zero-order chi connectivity index (χ0) is 20.0. The molecule has 0 amide bonds. The molecule has 4 heterocycles. The van der Waals surface area contributed by atoms with E-state index in [0.29, 0.717) is 12.2 Å². The fourth-order valence-corrected chi connectivity index (χ4v) is 4.04. The zero-order valence-corrected chi connectivity index (χ0v) is 16.3. The minimum Gasteiger partial charge on any atom is -0.377 e. The molecule has 0 spiro atoms. The van der Waals surface area contributed by atoms with Crippen molar-refractivity contribution < 1.29 is 13.9 Å². The average Bonchev–Trinajstić information content (AvgIpc) is 3.08. The van der Waals surface area contributed by atoms with Crippen LogP contribution < -0.4 is 0 Å². The number of pyridine rings is 1. The Morgan fingerprint density at radius 3 is 2.76 bits per heavy atom. The Kier molecular flexibility index (Phi) is 4.44. The molecule has 1 atom stereocenters. The van der Waals surface area contributed by atoms with E-state index in [1.165, 1.54) is 0 Å². The fraction of sp³-hybridized carbons (Fsp3) is 0.409. The summed E-state index contributed by atoms with van der Waals surface area (Å²) in [5.74, 6) is -0.390. The fourth-order valence-electron chi connectivity index (χ4n) is 4.04. The number of rotatable bonds is 6. The highest BCUT2D eigenvalue weighted by atomic mass is 19.1. The molecule has 3 aromatic rings. The van der Waals surface area contributed by atoms with Gasteiger partial charge in [0, 0.05) is 62.3 Å². The molecule has 2 aliphatic rings. The molecular weight excluding hydrogens is 371 g/mol. The van der Waals surface area contributed by atoms with E-state index in [1.54, 1.807) is 10.9 Å². The van der Waals surface area contributed by atoms with Crippen molar-refractivity contribution in [2.75, 3.05) is 26.2 Å². The monoisotopic (exact) mass is 394 g/mol. The molecule has 150 valence electrons. The average molecular weight is 394 g/mol. The lowest BCUT2D eigenvalue weighted by Crippen LogP contribution is -2.65. The molecule has 0 radical (unpaired) electrons. The van der Waals surface area contributed by atoms with Gasteiger partial charge in [-0.2, -0.15) is 5.10 Å². The van der Waals surface area contributed by atoms with Crippen LogP contribution in [0, 0.1) is 0 Å². The van der Waals surface area contributed by atoms with E-state index in [1.807, 2.05) is 42.5 Å². The molecule has 6 nitrogen and oxygen atoms in total. The number of likely N-dealkylation sites (tertiary alicyclic amines) is 1. The van der Waals surface area contributed by atoms with Gasteiger partial charge in [0.25, 0.3) is 0 Å². The first-order chi connectivity index (χ1) is 14.0. The number of halogens is 1. The molecule has 0 saturated carbocycles. The second-order valence-corrected chi connectivity index (χ2v) is 8.16. The third kappa shape index (κ3) is 3.56. The summed E-state index contributed by atoms with van der Waals surface area (Å²) in [5, 5.41) is 6.18. The summed E-state index contributed by atoms with van der Waals surface area (Å²) in [7, 11) is 1.88. The summed E-state index contributed by atoms with van der Waals surface area (Å²) in [6.07, 6.45) is 6.75. The number of aryl methyl sites for hydroxylation is 1. The van der Waals surface area contributed by atoms with E-state index in [2.05, 4.69) is 16.1 Å². The summed E-state index contributed by atoms with van der Waals surface area (Å²) in [6, 6.07) is 7.96. The highest BCUT2D eigenvalue weighted by Gasteiger charge is 2.50. The normalized spacial score (nSPS) is 21.0. The number of alkyl halides is 1. The SMILES string of the molecule is Cn1cc(-c2ccc3cnc(CC(=O)C4(F)CN(CC5CCO5)C4)cc3c2)cn1. The van der Waals surface area contributed by atoms with Crippen LogP contribution in [0.1, 0.15) is 12.1 Å². The van der Waals surface area contributed by atoms with Crippen LogP contribution >= 0.6 is 0 Å². The molecular formula is C22H23FN4O2. The smallest absolute Gasteiger partial charge is 0.194 e. The first kappa shape index (κ1) is 18.4. The number of Topliss-reactive ketones (excluding diaryl/α,β-unsaturated/α-hetero) is 1. The Bertz CT molecular complexity index is 1070. The van der Waals surface area contributed by atoms with Crippen LogP contribution in [0.3, 0.4) is 0 Å². The van der Waals surface area contributed by atoms with Crippen LogP contribution in [0.15, 0.2) is 42.9 Å². The van der Waals surface area contributed by atoms with Gasteiger partial charge in [-0.05, 0) is 29.5 Å². The number of nitrogens with zero attached hydrogens (tertiary/aromatic N) is 4. The van der Waals surface area contributed by atoms with Crippen molar-refractivity contribution in [2.45, 2.75) is 24.6 Å². The van der Waals surface area contributed by atoms with Gasteiger partial charge >= 0.3 is 0 Å². The van der Waals surface area contributed by atoms with E-state index < -0.39 is 11.5 Å². The third-order valence-electron chi connectivity index (χ3n) is 5.86. The second-order valence-electron chi connectivity index (χ2n) is 8.16. The number of fused-ring (bicyclic) bond motifs is 1. The van der Waals surface area contributed by atoms with Crippen molar-refractivity contribution in [3.05, 3.63) is 48.5 Å². The number of ether oxygens (including phenoxy) is 1. The molecule has 0 N–H and O–H groups in total. The Morgan fingerprint density at radius 1 is 1.24 bits per heavy atom. The highest BCUT2D eigenvalue weighted by Crippen LogP contribution is 2.30. The number of carbonyl (C=O) groups excluding carboxylic acids is 1. The summed E-state index contributed by atoms with van der Waals surface area (Å²) >= 11 is 0. The van der Waals surface area contributed by atoms with Gasteiger partial charge < -0.3 is 4.74 Å². The summed E-state index contributed by atoms with van der Waals surface area (Å²) in [5.41, 5.74) is 0.905. The standard InChI is InChI=1S/C22H23FN4O2/c1-26-11-18(10-25-26)15-2-3-16-9-24-19(7-17(16)6-15)8-21(28)22(23)13-27(14-22)12-20-4-5-29-20/h2-3,6-7,9-11,20H,4-5,8,12-14H2,1H3. The largest absolute Gasteiger partial charge is 0.377 e. The summed E-state index contributed by atoms with van der Waals surface area (Å²) in [4.78, 5) is 18.9. The molecule has 29 heavy (non-hydrogen) atoms. The van der Waals surface area contributed by atoms with Crippen molar-refractivity contribution in [2.24, 2.45) is 7.05 Å².